The highest BCUT2D eigenvalue weighted by Gasteiger charge is 2.07. The Morgan fingerprint density at radius 1 is 1.25 bits per heavy atom. The quantitative estimate of drug-likeness (QED) is 0.622. The summed E-state index contributed by atoms with van der Waals surface area (Å²) in [6.07, 6.45) is 1.75. The fraction of sp³-hybridized carbons (Fsp3) is 0.267. The molecule has 3 N–H and O–H groups in total. The summed E-state index contributed by atoms with van der Waals surface area (Å²) in [4.78, 5) is 6.52. The molecule has 0 atom stereocenters. The van der Waals surface area contributed by atoms with E-state index in [9.17, 15) is 0 Å². The van der Waals surface area contributed by atoms with Crippen molar-refractivity contribution in [3.05, 3.63) is 53.9 Å². The molecule has 5 nitrogen and oxygen atoms in total. The maximum absolute atomic E-state index is 5.40. The second-order valence-corrected chi connectivity index (χ2v) is 4.66. The largest absolute Gasteiger partial charge is 0.496 e. The predicted molar refractivity (Wildman–Crippen MR) is 80.2 cm³/mol. The normalized spacial score (nSPS) is 10.6. The average Bonchev–Trinajstić information content (AvgIpc) is 2.48. The van der Waals surface area contributed by atoms with Crippen LogP contribution in [-0.2, 0) is 13.1 Å². The standard InChI is InChI=1S/C15H20N4O/c1-19(10-12-5-3-4-6-15(12)20-2)11-14-9-13(18-16)7-8-17-14/h3-9H,10-11,16H2,1-2H3,(H,17,18). The molecule has 1 aromatic heterocycles. The summed E-state index contributed by atoms with van der Waals surface area (Å²) in [5.41, 5.74) is 5.62. The van der Waals surface area contributed by atoms with Crippen LogP contribution in [-0.4, -0.2) is 24.0 Å². The average molecular weight is 272 g/mol. The van der Waals surface area contributed by atoms with Gasteiger partial charge in [-0.2, -0.15) is 0 Å². The Kier molecular flexibility index (Phi) is 4.92. The summed E-state index contributed by atoms with van der Waals surface area (Å²) in [5.74, 6) is 6.31. The van der Waals surface area contributed by atoms with Crippen molar-refractivity contribution in [2.75, 3.05) is 19.6 Å². The molecule has 2 aromatic rings. The highest BCUT2D eigenvalue weighted by atomic mass is 16.5. The first-order valence-corrected chi connectivity index (χ1v) is 6.45. The molecule has 0 unspecified atom stereocenters. The van der Waals surface area contributed by atoms with Crippen molar-refractivity contribution in [3.8, 4) is 5.75 Å². The van der Waals surface area contributed by atoms with Crippen LogP contribution in [0, 0.1) is 0 Å². The zero-order valence-electron chi connectivity index (χ0n) is 11.8. The van der Waals surface area contributed by atoms with E-state index in [0.717, 1.165) is 35.8 Å². The lowest BCUT2D eigenvalue weighted by atomic mass is 10.2. The van der Waals surface area contributed by atoms with Gasteiger partial charge in [-0.15, -0.1) is 0 Å². The number of nitrogens with one attached hydrogen (secondary N) is 1. The molecule has 1 aromatic carbocycles. The number of rotatable bonds is 6. The molecule has 5 heteroatoms. The Morgan fingerprint density at radius 2 is 2.05 bits per heavy atom. The molecular formula is C15H20N4O. The summed E-state index contributed by atoms with van der Waals surface area (Å²) in [6.45, 7) is 1.54. The summed E-state index contributed by atoms with van der Waals surface area (Å²) in [7, 11) is 3.74. The number of methoxy groups -OCH3 is 1. The fourth-order valence-electron chi connectivity index (χ4n) is 2.11. The van der Waals surface area contributed by atoms with Crippen molar-refractivity contribution in [1.29, 1.82) is 0 Å². The molecule has 0 aliphatic heterocycles. The van der Waals surface area contributed by atoms with Gasteiger partial charge in [0.2, 0.25) is 0 Å². The van der Waals surface area contributed by atoms with Crippen LogP contribution in [0.25, 0.3) is 0 Å². The number of hydrazine groups is 1. The van der Waals surface area contributed by atoms with E-state index in [0.29, 0.717) is 0 Å². The van der Waals surface area contributed by atoms with Crippen LogP contribution in [0.2, 0.25) is 0 Å². The van der Waals surface area contributed by atoms with Gasteiger partial charge in [0.25, 0.3) is 0 Å². The van der Waals surface area contributed by atoms with Gasteiger partial charge in [0.05, 0.1) is 18.5 Å². The number of nitrogen functional groups attached to an aromatic ring is 1. The number of hydrogen-bond acceptors (Lipinski definition) is 5. The lowest BCUT2D eigenvalue weighted by Crippen LogP contribution is -2.18. The summed E-state index contributed by atoms with van der Waals surface area (Å²) < 4.78 is 5.36. The maximum atomic E-state index is 5.40. The Hall–Kier alpha value is -2.11. The van der Waals surface area contributed by atoms with Gasteiger partial charge in [-0.3, -0.25) is 15.7 Å². The molecule has 0 fully saturated rings. The second-order valence-electron chi connectivity index (χ2n) is 4.66. The third-order valence-corrected chi connectivity index (χ3v) is 3.05. The molecular weight excluding hydrogens is 252 g/mol. The van der Waals surface area contributed by atoms with Crippen molar-refractivity contribution < 1.29 is 4.74 Å². The van der Waals surface area contributed by atoms with Crippen molar-refractivity contribution in [2.24, 2.45) is 5.84 Å². The molecule has 0 saturated heterocycles. The first-order valence-electron chi connectivity index (χ1n) is 6.45. The number of aromatic nitrogens is 1. The molecule has 0 aliphatic carbocycles. The number of ether oxygens (including phenoxy) is 1. The van der Waals surface area contributed by atoms with Gasteiger partial charge in [-0.05, 0) is 25.2 Å². The molecule has 0 spiro atoms. The van der Waals surface area contributed by atoms with E-state index in [-0.39, 0.29) is 0 Å². The van der Waals surface area contributed by atoms with Crippen LogP contribution >= 0.6 is 0 Å². The molecule has 0 aliphatic rings. The summed E-state index contributed by atoms with van der Waals surface area (Å²) in [6, 6.07) is 11.8. The zero-order chi connectivity index (χ0) is 14.4. The highest BCUT2D eigenvalue weighted by molar-refractivity contribution is 5.41. The van der Waals surface area contributed by atoms with E-state index >= 15 is 0 Å². The number of nitrogens with two attached hydrogens (primary N) is 1. The summed E-state index contributed by atoms with van der Waals surface area (Å²) in [5, 5.41) is 0. The Bertz CT molecular complexity index is 559. The molecule has 2 rings (SSSR count). The molecule has 0 radical (unpaired) electrons. The molecule has 0 bridgehead atoms. The van der Waals surface area contributed by atoms with Crippen molar-refractivity contribution in [2.45, 2.75) is 13.1 Å². The Balaban J connectivity index is 2.03. The number of anilines is 1. The Morgan fingerprint density at radius 3 is 2.80 bits per heavy atom. The zero-order valence-corrected chi connectivity index (χ0v) is 11.8. The molecule has 0 amide bonds. The maximum Gasteiger partial charge on any atom is 0.123 e. The third kappa shape index (κ3) is 3.69. The van der Waals surface area contributed by atoms with Crippen LogP contribution in [0.3, 0.4) is 0 Å². The van der Waals surface area contributed by atoms with E-state index in [4.69, 9.17) is 10.6 Å². The number of para-hydroxylation sites is 1. The Labute approximate surface area is 119 Å². The monoisotopic (exact) mass is 272 g/mol. The minimum Gasteiger partial charge on any atom is -0.496 e. The minimum atomic E-state index is 0.744. The van der Waals surface area contributed by atoms with Gasteiger partial charge in [0, 0.05) is 24.8 Å². The first kappa shape index (κ1) is 14.3. The number of hydrogen-bond donors (Lipinski definition) is 2. The van der Waals surface area contributed by atoms with Gasteiger partial charge in [-0.25, -0.2) is 0 Å². The van der Waals surface area contributed by atoms with Crippen molar-refractivity contribution in [1.82, 2.24) is 9.88 Å². The van der Waals surface area contributed by atoms with Crippen LogP contribution in [0.5, 0.6) is 5.75 Å². The van der Waals surface area contributed by atoms with E-state index in [1.165, 1.54) is 0 Å². The predicted octanol–water partition coefficient (Wildman–Crippen LogP) is 2.01. The van der Waals surface area contributed by atoms with Gasteiger partial charge in [-0.1, -0.05) is 18.2 Å². The minimum absolute atomic E-state index is 0.744. The third-order valence-electron chi connectivity index (χ3n) is 3.05. The fourth-order valence-corrected chi connectivity index (χ4v) is 2.11. The molecule has 20 heavy (non-hydrogen) atoms. The molecule has 1 heterocycles. The van der Waals surface area contributed by atoms with Gasteiger partial charge < -0.3 is 10.2 Å². The van der Waals surface area contributed by atoms with E-state index in [1.807, 2.05) is 30.3 Å². The molecule has 0 saturated carbocycles. The molecule has 106 valence electrons. The van der Waals surface area contributed by atoms with Crippen LogP contribution in [0.4, 0.5) is 5.69 Å². The van der Waals surface area contributed by atoms with E-state index in [2.05, 4.69) is 28.4 Å². The van der Waals surface area contributed by atoms with Crippen LogP contribution in [0.1, 0.15) is 11.3 Å². The SMILES string of the molecule is COc1ccccc1CN(C)Cc1cc(NN)ccn1. The smallest absolute Gasteiger partial charge is 0.123 e. The van der Waals surface area contributed by atoms with Gasteiger partial charge in [0.15, 0.2) is 0 Å². The van der Waals surface area contributed by atoms with Crippen molar-refractivity contribution in [3.63, 3.8) is 0 Å². The number of nitrogens with zero attached hydrogens (tertiary/aromatic N) is 2. The van der Waals surface area contributed by atoms with E-state index in [1.54, 1.807) is 13.3 Å². The lowest BCUT2D eigenvalue weighted by Gasteiger charge is -2.18. The number of benzene rings is 1. The van der Waals surface area contributed by atoms with Gasteiger partial charge in [0.1, 0.15) is 5.75 Å². The first-order chi connectivity index (χ1) is 9.72. The summed E-state index contributed by atoms with van der Waals surface area (Å²) >= 11 is 0. The lowest BCUT2D eigenvalue weighted by molar-refractivity contribution is 0.306. The van der Waals surface area contributed by atoms with E-state index < -0.39 is 0 Å². The van der Waals surface area contributed by atoms with Gasteiger partial charge >= 0.3 is 0 Å². The highest BCUT2D eigenvalue weighted by Crippen LogP contribution is 2.19. The van der Waals surface area contributed by atoms with Crippen LogP contribution < -0.4 is 16.0 Å². The number of pyridine rings is 1. The van der Waals surface area contributed by atoms with Crippen LogP contribution in [0.15, 0.2) is 42.6 Å². The van der Waals surface area contributed by atoms with Crippen molar-refractivity contribution >= 4 is 5.69 Å². The second kappa shape index (κ2) is 6.88. The topological polar surface area (TPSA) is 63.4 Å².